The van der Waals surface area contributed by atoms with Crippen molar-refractivity contribution in [2.45, 2.75) is 51.1 Å². The van der Waals surface area contributed by atoms with Gasteiger partial charge in [-0.05, 0) is 56.4 Å². The smallest absolute Gasteiger partial charge is 0.227 e. The fraction of sp³-hybridized carbons (Fsp3) is 0.765. The maximum absolute atomic E-state index is 13.0. The van der Waals surface area contributed by atoms with Crippen molar-refractivity contribution in [3.05, 3.63) is 18.0 Å². The number of piperidine rings is 1. The van der Waals surface area contributed by atoms with E-state index in [1.807, 2.05) is 10.9 Å². The summed E-state index contributed by atoms with van der Waals surface area (Å²) in [7, 11) is 0. The average molecular weight is 302 g/mol. The third-order valence-corrected chi connectivity index (χ3v) is 6.08. The van der Waals surface area contributed by atoms with E-state index in [1.54, 1.807) is 0 Å². The summed E-state index contributed by atoms with van der Waals surface area (Å²) in [6.07, 6.45) is 9.75. The van der Waals surface area contributed by atoms with Crippen molar-refractivity contribution in [1.82, 2.24) is 14.7 Å². The molecule has 22 heavy (non-hydrogen) atoms. The minimum absolute atomic E-state index is 0.0804. The minimum atomic E-state index is 0.0804. The molecule has 4 rings (SSSR count). The molecule has 2 N–H and O–H groups in total. The van der Waals surface area contributed by atoms with Crippen LogP contribution in [0.5, 0.6) is 0 Å². The molecule has 1 saturated heterocycles. The molecule has 1 aliphatic heterocycles. The molecule has 0 aromatic carbocycles. The molecule has 5 heteroatoms. The number of hydrogen-bond donors (Lipinski definition) is 1. The van der Waals surface area contributed by atoms with Crippen LogP contribution in [0.15, 0.2) is 12.4 Å². The van der Waals surface area contributed by atoms with Crippen molar-refractivity contribution in [2.75, 3.05) is 13.1 Å². The third-order valence-electron chi connectivity index (χ3n) is 6.08. The van der Waals surface area contributed by atoms with Gasteiger partial charge in [0.2, 0.25) is 5.91 Å². The summed E-state index contributed by atoms with van der Waals surface area (Å²) < 4.78 is 2.04. The normalized spacial score (nSPS) is 37.7. The van der Waals surface area contributed by atoms with E-state index in [4.69, 9.17) is 5.73 Å². The zero-order valence-corrected chi connectivity index (χ0v) is 13.3. The van der Waals surface area contributed by atoms with Crippen LogP contribution in [0, 0.1) is 24.7 Å². The fourth-order valence-corrected chi connectivity index (χ4v) is 4.92. The second-order valence-electron chi connectivity index (χ2n) is 7.51. The van der Waals surface area contributed by atoms with E-state index in [1.165, 1.54) is 24.8 Å². The largest absolute Gasteiger partial charge is 0.340 e. The highest BCUT2D eigenvalue weighted by Gasteiger charge is 2.50. The van der Waals surface area contributed by atoms with E-state index in [9.17, 15) is 4.79 Å². The summed E-state index contributed by atoms with van der Waals surface area (Å²) in [6, 6.07) is 0.416. The van der Waals surface area contributed by atoms with Crippen LogP contribution in [-0.2, 0) is 4.79 Å². The molecule has 5 nitrogen and oxygen atoms in total. The van der Waals surface area contributed by atoms with Crippen LogP contribution in [0.1, 0.15) is 43.7 Å². The number of nitrogens with zero attached hydrogens (tertiary/aromatic N) is 3. The lowest BCUT2D eigenvalue weighted by atomic mass is 9.83. The Balaban J connectivity index is 1.47. The van der Waals surface area contributed by atoms with E-state index in [2.05, 4.69) is 23.1 Å². The van der Waals surface area contributed by atoms with Crippen molar-refractivity contribution < 1.29 is 4.79 Å². The summed E-state index contributed by atoms with van der Waals surface area (Å²) in [5.74, 6) is 1.53. The van der Waals surface area contributed by atoms with Crippen LogP contribution in [0.4, 0.5) is 0 Å². The van der Waals surface area contributed by atoms with Crippen LogP contribution >= 0.6 is 0 Å². The first kappa shape index (κ1) is 14.2. The van der Waals surface area contributed by atoms with Crippen molar-refractivity contribution >= 4 is 5.91 Å². The molecule has 0 spiro atoms. The lowest BCUT2D eigenvalue weighted by molar-refractivity contribution is -0.139. The molecule has 120 valence electrons. The fourth-order valence-electron chi connectivity index (χ4n) is 4.92. The van der Waals surface area contributed by atoms with E-state index in [-0.39, 0.29) is 12.0 Å². The van der Waals surface area contributed by atoms with Crippen LogP contribution in [0.25, 0.3) is 0 Å². The molecule has 1 amide bonds. The second kappa shape index (κ2) is 5.37. The second-order valence-corrected chi connectivity index (χ2v) is 7.51. The van der Waals surface area contributed by atoms with Gasteiger partial charge in [0.25, 0.3) is 0 Å². The maximum atomic E-state index is 13.0. The molecule has 2 saturated carbocycles. The van der Waals surface area contributed by atoms with Crippen molar-refractivity contribution in [2.24, 2.45) is 23.5 Å². The number of amides is 1. The maximum Gasteiger partial charge on any atom is 0.227 e. The van der Waals surface area contributed by atoms with Gasteiger partial charge in [-0.1, -0.05) is 0 Å². The molecule has 2 bridgehead atoms. The molecule has 5 unspecified atom stereocenters. The van der Waals surface area contributed by atoms with Gasteiger partial charge in [-0.3, -0.25) is 9.48 Å². The van der Waals surface area contributed by atoms with Crippen molar-refractivity contribution in [3.8, 4) is 0 Å². The SMILES string of the molecule is Cc1cnn(C2CCCN(C(=O)C3C4CCC(C4)C3N)C2)c1. The molecule has 1 aromatic heterocycles. The Hall–Kier alpha value is -1.36. The van der Waals surface area contributed by atoms with Gasteiger partial charge in [-0.15, -0.1) is 0 Å². The number of aryl methyl sites for hydroxylation is 1. The van der Waals surface area contributed by atoms with Gasteiger partial charge in [-0.2, -0.15) is 5.10 Å². The first-order valence-electron chi connectivity index (χ1n) is 8.68. The highest BCUT2D eigenvalue weighted by Crippen LogP contribution is 2.48. The zero-order valence-electron chi connectivity index (χ0n) is 13.3. The Morgan fingerprint density at radius 3 is 2.82 bits per heavy atom. The summed E-state index contributed by atoms with van der Waals surface area (Å²) in [4.78, 5) is 15.1. The highest BCUT2D eigenvalue weighted by molar-refractivity contribution is 5.80. The van der Waals surface area contributed by atoms with Crippen molar-refractivity contribution in [3.63, 3.8) is 0 Å². The van der Waals surface area contributed by atoms with Gasteiger partial charge in [-0.25, -0.2) is 0 Å². The molecule has 3 aliphatic rings. The lowest BCUT2D eigenvalue weighted by Gasteiger charge is -2.37. The number of nitrogens with two attached hydrogens (primary N) is 1. The van der Waals surface area contributed by atoms with Crippen molar-refractivity contribution in [1.29, 1.82) is 0 Å². The first-order chi connectivity index (χ1) is 10.6. The molecule has 1 aromatic rings. The number of carbonyl (C=O) groups is 1. The van der Waals surface area contributed by atoms with Gasteiger partial charge >= 0.3 is 0 Å². The Bertz CT molecular complexity index is 567. The predicted octanol–water partition coefficient (Wildman–Crippen LogP) is 1.73. The summed E-state index contributed by atoms with van der Waals surface area (Å²) in [6.45, 7) is 3.74. The van der Waals surface area contributed by atoms with Gasteiger partial charge in [0, 0.05) is 25.3 Å². The topological polar surface area (TPSA) is 64.2 Å². The number of aromatic nitrogens is 2. The molecule has 5 atom stereocenters. The molecule has 3 fully saturated rings. The van der Waals surface area contributed by atoms with Gasteiger partial charge < -0.3 is 10.6 Å². The third kappa shape index (κ3) is 2.26. The number of hydrogen-bond acceptors (Lipinski definition) is 3. The number of rotatable bonds is 2. The summed E-state index contributed by atoms with van der Waals surface area (Å²) in [5.41, 5.74) is 7.54. The number of likely N-dealkylation sites (tertiary alicyclic amines) is 1. The molecule has 2 heterocycles. The van der Waals surface area contributed by atoms with E-state index < -0.39 is 0 Å². The lowest BCUT2D eigenvalue weighted by Crippen LogP contribution is -2.50. The molecular weight excluding hydrogens is 276 g/mol. The van der Waals surface area contributed by atoms with E-state index >= 15 is 0 Å². The summed E-state index contributed by atoms with van der Waals surface area (Å²) in [5, 5.41) is 4.44. The number of carbonyl (C=O) groups excluding carboxylic acids is 1. The zero-order chi connectivity index (χ0) is 15.3. The Morgan fingerprint density at radius 2 is 2.14 bits per heavy atom. The first-order valence-corrected chi connectivity index (χ1v) is 8.68. The summed E-state index contributed by atoms with van der Waals surface area (Å²) >= 11 is 0. The monoisotopic (exact) mass is 302 g/mol. The predicted molar refractivity (Wildman–Crippen MR) is 84.1 cm³/mol. The Labute approximate surface area is 131 Å². The molecule has 2 aliphatic carbocycles. The van der Waals surface area contributed by atoms with Gasteiger partial charge in [0.1, 0.15) is 0 Å². The van der Waals surface area contributed by atoms with Crippen LogP contribution in [0.3, 0.4) is 0 Å². The average Bonchev–Trinajstić information content (AvgIpc) is 3.23. The minimum Gasteiger partial charge on any atom is -0.340 e. The quantitative estimate of drug-likeness (QED) is 0.905. The highest BCUT2D eigenvalue weighted by atomic mass is 16.2. The van der Waals surface area contributed by atoms with E-state index in [0.717, 1.165) is 25.9 Å². The van der Waals surface area contributed by atoms with Crippen LogP contribution < -0.4 is 5.73 Å². The van der Waals surface area contributed by atoms with Crippen LogP contribution in [-0.4, -0.2) is 39.7 Å². The Kier molecular flexibility index (Phi) is 3.48. The van der Waals surface area contributed by atoms with Crippen LogP contribution in [0.2, 0.25) is 0 Å². The Morgan fingerprint density at radius 1 is 1.32 bits per heavy atom. The van der Waals surface area contributed by atoms with Gasteiger partial charge in [0.15, 0.2) is 0 Å². The molecular formula is C17H26N4O. The van der Waals surface area contributed by atoms with Gasteiger partial charge in [0.05, 0.1) is 18.2 Å². The molecule has 0 radical (unpaired) electrons. The van der Waals surface area contributed by atoms with E-state index in [0.29, 0.717) is 23.8 Å². The standard InChI is InChI=1S/C17H26N4O/c1-11-8-19-21(9-11)14-3-2-6-20(10-14)17(22)15-12-4-5-13(7-12)16(15)18/h8-9,12-16H,2-7,10,18H2,1H3. The number of fused-ring (bicyclic) bond motifs is 2.